The largest absolute Gasteiger partial charge is 0.401 e. The van der Waals surface area contributed by atoms with E-state index in [4.69, 9.17) is 0 Å². The molecule has 1 saturated heterocycles. The fraction of sp³-hybridized carbons (Fsp3) is 0.909. The third kappa shape index (κ3) is 4.93. The molecule has 0 spiro atoms. The van der Waals surface area contributed by atoms with E-state index < -0.39 is 12.7 Å². The number of nitrogens with one attached hydrogen (secondary N) is 1. The van der Waals surface area contributed by atoms with Gasteiger partial charge in [-0.2, -0.15) is 13.2 Å². The van der Waals surface area contributed by atoms with Crippen LogP contribution in [0.15, 0.2) is 0 Å². The van der Waals surface area contributed by atoms with Crippen molar-refractivity contribution in [2.24, 2.45) is 5.92 Å². The van der Waals surface area contributed by atoms with Gasteiger partial charge in [0.1, 0.15) is 0 Å². The molecule has 0 bridgehead atoms. The minimum Gasteiger partial charge on any atom is -0.341 e. The Labute approximate surface area is 99.4 Å². The normalized spacial score (nSPS) is 26.1. The van der Waals surface area contributed by atoms with Gasteiger partial charge in [-0.05, 0) is 12.3 Å². The Morgan fingerprint density at radius 1 is 1.41 bits per heavy atom. The van der Waals surface area contributed by atoms with E-state index in [-0.39, 0.29) is 17.9 Å². The summed E-state index contributed by atoms with van der Waals surface area (Å²) in [5.41, 5.74) is 0. The molecule has 0 aromatic heterocycles. The fourth-order valence-electron chi connectivity index (χ4n) is 2.19. The van der Waals surface area contributed by atoms with Gasteiger partial charge in [-0.1, -0.05) is 13.8 Å². The molecule has 0 aromatic rings. The van der Waals surface area contributed by atoms with E-state index in [9.17, 15) is 18.0 Å². The molecule has 1 N–H and O–H groups in total. The summed E-state index contributed by atoms with van der Waals surface area (Å²) in [5.74, 6) is 0.250. The average molecular weight is 252 g/mol. The summed E-state index contributed by atoms with van der Waals surface area (Å²) in [7, 11) is 0. The van der Waals surface area contributed by atoms with Gasteiger partial charge in [0.25, 0.3) is 0 Å². The molecule has 0 saturated carbocycles. The number of rotatable bonds is 3. The molecular formula is C11H19F3N2O. The van der Waals surface area contributed by atoms with Crippen LogP contribution in [0.1, 0.15) is 26.7 Å². The van der Waals surface area contributed by atoms with Crippen LogP contribution >= 0.6 is 0 Å². The zero-order chi connectivity index (χ0) is 13.1. The van der Waals surface area contributed by atoms with Gasteiger partial charge in [0.2, 0.25) is 5.91 Å². The number of halogens is 3. The van der Waals surface area contributed by atoms with Crippen molar-refractivity contribution in [3.05, 3.63) is 0 Å². The molecule has 100 valence electrons. The Hall–Kier alpha value is -0.780. The summed E-state index contributed by atoms with van der Waals surface area (Å²) >= 11 is 0. The van der Waals surface area contributed by atoms with E-state index in [2.05, 4.69) is 5.32 Å². The van der Waals surface area contributed by atoms with Crippen LogP contribution in [0.5, 0.6) is 0 Å². The Balaban J connectivity index is 2.48. The first-order valence-electron chi connectivity index (χ1n) is 5.89. The Morgan fingerprint density at radius 2 is 2.06 bits per heavy atom. The molecule has 1 amide bonds. The highest BCUT2D eigenvalue weighted by Crippen LogP contribution is 2.19. The van der Waals surface area contributed by atoms with Crippen LogP contribution < -0.4 is 5.32 Å². The highest BCUT2D eigenvalue weighted by atomic mass is 19.4. The van der Waals surface area contributed by atoms with Gasteiger partial charge in [-0.3, -0.25) is 4.79 Å². The number of likely N-dealkylation sites (tertiary alicyclic amines) is 1. The first-order chi connectivity index (χ1) is 7.81. The minimum absolute atomic E-state index is 0.00959. The van der Waals surface area contributed by atoms with Gasteiger partial charge in [-0.25, -0.2) is 0 Å². The van der Waals surface area contributed by atoms with Crippen LogP contribution in [0.25, 0.3) is 0 Å². The maximum atomic E-state index is 12.1. The highest BCUT2D eigenvalue weighted by Gasteiger charge is 2.31. The molecule has 1 heterocycles. The van der Waals surface area contributed by atoms with Gasteiger partial charge in [0, 0.05) is 25.6 Å². The number of piperidine rings is 1. The van der Waals surface area contributed by atoms with E-state index in [0.717, 1.165) is 0 Å². The standard InChI is InChI=1S/C11H19F3N2O/c1-3-10(17)16-5-8(2)4-9(6-16)15-7-11(12,13)14/h8-9,15H,3-7H2,1-2H3. The monoisotopic (exact) mass is 252 g/mol. The number of alkyl halides is 3. The summed E-state index contributed by atoms with van der Waals surface area (Å²) in [6, 6.07) is -0.254. The van der Waals surface area contributed by atoms with Crippen LogP contribution in [0, 0.1) is 5.92 Å². The lowest BCUT2D eigenvalue weighted by molar-refractivity contribution is -0.134. The van der Waals surface area contributed by atoms with Crippen molar-refractivity contribution in [3.63, 3.8) is 0 Å². The van der Waals surface area contributed by atoms with E-state index in [1.807, 2.05) is 6.92 Å². The molecule has 0 aliphatic carbocycles. The van der Waals surface area contributed by atoms with E-state index >= 15 is 0 Å². The first kappa shape index (κ1) is 14.3. The topological polar surface area (TPSA) is 32.3 Å². The molecule has 6 heteroatoms. The Bertz CT molecular complexity index is 268. The lowest BCUT2D eigenvalue weighted by Crippen LogP contribution is -2.52. The van der Waals surface area contributed by atoms with Crippen molar-refractivity contribution in [3.8, 4) is 0 Å². The van der Waals surface area contributed by atoms with Crippen LogP contribution in [-0.4, -0.2) is 42.7 Å². The van der Waals surface area contributed by atoms with Crippen molar-refractivity contribution < 1.29 is 18.0 Å². The summed E-state index contributed by atoms with van der Waals surface area (Å²) in [6.45, 7) is 3.76. The van der Waals surface area contributed by atoms with Gasteiger partial charge in [-0.15, -0.1) is 0 Å². The molecule has 17 heavy (non-hydrogen) atoms. The van der Waals surface area contributed by atoms with Crippen LogP contribution in [-0.2, 0) is 4.79 Å². The summed E-state index contributed by atoms with van der Waals surface area (Å²) in [6.07, 6.45) is -3.11. The molecule has 1 fully saturated rings. The van der Waals surface area contributed by atoms with E-state index in [1.165, 1.54) is 0 Å². The third-order valence-corrected chi connectivity index (χ3v) is 2.91. The average Bonchev–Trinajstić information content (AvgIpc) is 2.23. The molecule has 1 aliphatic rings. The van der Waals surface area contributed by atoms with Crippen molar-refractivity contribution >= 4 is 5.91 Å². The number of nitrogens with zero attached hydrogens (tertiary/aromatic N) is 1. The summed E-state index contributed by atoms with van der Waals surface area (Å²) < 4.78 is 36.3. The van der Waals surface area contributed by atoms with E-state index in [1.54, 1.807) is 11.8 Å². The second-order valence-corrected chi connectivity index (χ2v) is 4.69. The molecule has 1 rings (SSSR count). The maximum absolute atomic E-state index is 12.1. The van der Waals surface area contributed by atoms with E-state index in [0.29, 0.717) is 25.9 Å². The molecule has 3 nitrogen and oxygen atoms in total. The lowest BCUT2D eigenvalue weighted by Gasteiger charge is -2.37. The predicted molar refractivity (Wildman–Crippen MR) is 58.5 cm³/mol. The zero-order valence-electron chi connectivity index (χ0n) is 10.2. The zero-order valence-corrected chi connectivity index (χ0v) is 10.2. The van der Waals surface area contributed by atoms with Crippen molar-refractivity contribution in [1.29, 1.82) is 0 Å². The lowest BCUT2D eigenvalue weighted by atomic mass is 9.95. The first-order valence-corrected chi connectivity index (χ1v) is 5.89. The predicted octanol–water partition coefficient (Wildman–Crippen LogP) is 1.79. The molecule has 2 unspecified atom stereocenters. The molecule has 2 atom stereocenters. The van der Waals surface area contributed by atoms with Crippen molar-refractivity contribution in [2.75, 3.05) is 19.6 Å². The summed E-state index contributed by atoms with van der Waals surface area (Å²) in [5, 5.41) is 2.48. The second-order valence-electron chi connectivity index (χ2n) is 4.69. The van der Waals surface area contributed by atoms with Crippen LogP contribution in [0.4, 0.5) is 13.2 Å². The summed E-state index contributed by atoms with van der Waals surface area (Å²) in [4.78, 5) is 13.2. The molecule has 0 radical (unpaired) electrons. The third-order valence-electron chi connectivity index (χ3n) is 2.91. The van der Waals surface area contributed by atoms with Gasteiger partial charge in [0.15, 0.2) is 0 Å². The maximum Gasteiger partial charge on any atom is 0.401 e. The van der Waals surface area contributed by atoms with Gasteiger partial charge >= 0.3 is 6.18 Å². The molecule has 1 aliphatic heterocycles. The molecular weight excluding hydrogens is 233 g/mol. The van der Waals surface area contributed by atoms with Gasteiger partial charge in [0.05, 0.1) is 6.54 Å². The SMILES string of the molecule is CCC(=O)N1CC(C)CC(NCC(F)(F)F)C1. The highest BCUT2D eigenvalue weighted by molar-refractivity contribution is 5.76. The number of carbonyl (C=O) groups excluding carboxylic acids is 1. The number of carbonyl (C=O) groups is 1. The van der Waals surface area contributed by atoms with Crippen LogP contribution in [0.3, 0.4) is 0 Å². The number of amides is 1. The van der Waals surface area contributed by atoms with Crippen LogP contribution in [0.2, 0.25) is 0 Å². The fourth-order valence-corrected chi connectivity index (χ4v) is 2.19. The van der Waals surface area contributed by atoms with Gasteiger partial charge < -0.3 is 10.2 Å². The second kappa shape index (κ2) is 5.71. The number of hydrogen-bond acceptors (Lipinski definition) is 2. The van der Waals surface area contributed by atoms with Crippen molar-refractivity contribution in [1.82, 2.24) is 10.2 Å². The minimum atomic E-state index is -4.19. The Kier molecular flexibility index (Phi) is 4.80. The molecule has 0 aromatic carbocycles. The number of hydrogen-bond donors (Lipinski definition) is 1. The Morgan fingerprint density at radius 3 is 2.59 bits per heavy atom. The quantitative estimate of drug-likeness (QED) is 0.830. The van der Waals surface area contributed by atoms with Crippen molar-refractivity contribution in [2.45, 2.75) is 38.9 Å². The smallest absolute Gasteiger partial charge is 0.341 e.